The minimum Gasteiger partial charge on any atom is -0.312 e. The van der Waals surface area contributed by atoms with Gasteiger partial charge in [0, 0.05) is 10.6 Å². The van der Waals surface area contributed by atoms with Crippen molar-refractivity contribution in [1.82, 2.24) is 0 Å². The number of nitrogens with zero attached hydrogens (tertiary/aromatic N) is 1. The lowest BCUT2D eigenvalue weighted by Gasteiger charge is -2.04. The average molecular weight is 185 g/mol. The summed E-state index contributed by atoms with van der Waals surface area (Å²) >= 11 is 5.59. The third-order valence-electron chi connectivity index (χ3n) is 1.43. The Morgan fingerprint density at radius 1 is 1.58 bits per heavy atom. The summed E-state index contributed by atoms with van der Waals surface area (Å²) in [7, 11) is 0. The van der Waals surface area contributed by atoms with Crippen LogP contribution in [0.4, 0.5) is 4.39 Å². The van der Waals surface area contributed by atoms with Crippen LogP contribution in [-0.2, 0) is 0 Å². The second kappa shape index (κ2) is 3.53. The van der Waals surface area contributed by atoms with Crippen molar-refractivity contribution in [3.05, 3.63) is 34.6 Å². The van der Waals surface area contributed by atoms with Crippen molar-refractivity contribution in [3.63, 3.8) is 0 Å². The summed E-state index contributed by atoms with van der Waals surface area (Å²) in [5, 5.41) is 8.79. The molecule has 0 saturated carbocycles. The fraction of sp³-hybridized carbons (Fsp3) is 0.125. The zero-order valence-corrected chi connectivity index (χ0v) is 6.85. The molecule has 12 heavy (non-hydrogen) atoms. The van der Waals surface area contributed by atoms with E-state index >= 15 is 0 Å². The Balaban J connectivity index is 3.15. The highest BCUT2D eigenvalue weighted by Gasteiger charge is 2.10. The molecular formula is C8H6ClFN2. The molecule has 0 fully saturated rings. The summed E-state index contributed by atoms with van der Waals surface area (Å²) < 4.78 is 12.9. The van der Waals surface area contributed by atoms with Gasteiger partial charge in [-0.2, -0.15) is 5.26 Å². The maximum Gasteiger partial charge on any atom is 0.129 e. The molecule has 2 N–H and O–H groups in total. The van der Waals surface area contributed by atoms with Crippen LogP contribution in [-0.4, -0.2) is 0 Å². The fourth-order valence-electron chi connectivity index (χ4n) is 0.822. The Hall–Kier alpha value is -1.11. The monoisotopic (exact) mass is 184 g/mol. The standard InChI is InChI=1S/C8H6ClFN2/c9-5-1-2-7(10)6(3-5)8(12)4-11/h1-3,8H,12H2/t8-/m0/s1. The number of halogens is 2. The molecule has 1 atom stereocenters. The maximum atomic E-state index is 12.9. The first-order valence-electron chi connectivity index (χ1n) is 3.25. The number of nitrogens with two attached hydrogens (primary N) is 1. The van der Waals surface area contributed by atoms with Crippen molar-refractivity contribution in [2.75, 3.05) is 0 Å². The van der Waals surface area contributed by atoms with Gasteiger partial charge in [-0.05, 0) is 18.2 Å². The number of hydrogen-bond donors (Lipinski definition) is 1. The summed E-state index contributed by atoms with van der Waals surface area (Å²) in [5.41, 5.74) is 5.43. The fourth-order valence-corrected chi connectivity index (χ4v) is 1.00. The second-order valence-corrected chi connectivity index (χ2v) is 2.71. The summed E-state index contributed by atoms with van der Waals surface area (Å²) in [6, 6.07) is 4.72. The van der Waals surface area contributed by atoms with Crippen LogP contribution in [0.1, 0.15) is 11.6 Å². The topological polar surface area (TPSA) is 49.8 Å². The smallest absolute Gasteiger partial charge is 0.129 e. The van der Waals surface area contributed by atoms with Gasteiger partial charge in [0.05, 0.1) is 6.07 Å². The van der Waals surface area contributed by atoms with Gasteiger partial charge in [-0.15, -0.1) is 0 Å². The van der Waals surface area contributed by atoms with Gasteiger partial charge in [-0.25, -0.2) is 4.39 Å². The van der Waals surface area contributed by atoms with Crippen LogP contribution < -0.4 is 5.73 Å². The SMILES string of the molecule is N#C[C@H](N)c1cc(Cl)ccc1F. The molecular weight excluding hydrogens is 179 g/mol. The number of nitriles is 1. The van der Waals surface area contributed by atoms with E-state index < -0.39 is 11.9 Å². The van der Waals surface area contributed by atoms with Crippen LogP contribution in [0.5, 0.6) is 0 Å². The minimum atomic E-state index is -0.955. The molecule has 1 aromatic carbocycles. The molecule has 0 aromatic heterocycles. The van der Waals surface area contributed by atoms with E-state index in [2.05, 4.69) is 0 Å². The molecule has 0 unspecified atom stereocenters. The molecule has 2 nitrogen and oxygen atoms in total. The first-order chi connectivity index (χ1) is 5.65. The van der Waals surface area contributed by atoms with Crippen molar-refractivity contribution in [2.24, 2.45) is 5.73 Å². The van der Waals surface area contributed by atoms with E-state index in [0.717, 1.165) is 0 Å². The maximum absolute atomic E-state index is 12.9. The summed E-state index contributed by atoms with van der Waals surface area (Å²) in [6.07, 6.45) is 0. The lowest BCUT2D eigenvalue weighted by molar-refractivity contribution is 0.603. The van der Waals surface area contributed by atoms with E-state index in [1.54, 1.807) is 6.07 Å². The highest BCUT2D eigenvalue weighted by Crippen LogP contribution is 2.19. The molecule has 62 valence electrons. The number of benzene rings is 1. The molecule has 0 aliphatic rings. The minimum absolute atomic E-state index is 0.130. The van der Waals surface area contributed by atoms with E-state index in [1.165, 1.54) is 18.2 Å². The zero-order valence-electron chi connectivity index (χ0n) is 6.09. The van der Waals surface area contributed by atoms with Gasteiger partial charge >= 0.3 is 0 Å². The highest BCUT2D eigenvalue weighted by atomic mass is 35.5. The van der Waals surface area contributed by atoms with E-state index in [1.807, 2.05) is 0 Å². The highest BCUT2D eigenvalue weighted by molar-refractivity contribution is 6.30. The molecule has 0 amide bonds. The van der Waals surface area contributed by atoms with Crippen LogP contribution in [0, 0.1) is 17.1 Å². The van der Waals surface area contributed by atoms with Crippen molar-refractivity contribution in [2.45, 2.75) is 6.04 Å². The van der Waals surface area contributed by atoms with Gasteiger partial charge < -0.3 is 5.73 Å². The molecule has 0 radical (unpaired) electrons. The molecule has 0 spiro atoms. The third-order valence-corrected chi connectivity index (χ3v) is 1.67. The second-order valence-electron chi connectivity index (χ2n) is 2.27. The largest absolute Gasteiger partial charge is 0.312 e. The van der Waals surface area contributed by atoms with Gasteiger partial charge in [0.15, 0.2) is 0 Å². The predicted molar refractivity (Wildman–Crippen MR) is 44.0 cm³/mol. The quantitative estimate of drug-likeness (QED) is 0.726. The Morgan fingerprint density at radius 3 is 2.83 bits per heavy atom. The number of hydrogen-bond acceptors (Lipinski definition) is 2. The van der Waals surface area contributed by atoms with Crippen molar-refractivity contribution < 1.29 is 4.39 Å². The van der Waals surface area contributed by atoms with Gasteiger partial charge in [0.2, 0.25) is 0 Å². The molecule has 1 rings (SSSR count). The van der Waals surface area contributed by atoms with Crippen molar-refractivity contribution in [3.8, 4) is 6.07 Å². The van der Waals surface area contributed by atoms with E-state index in [0.29, 0.717) is 5.02 Å². The number of rotatable bonds is 1. The van der Waals surface area contributed by atoms with Gasteiger partial charge in [0.25, 0.3) is 0 Å². The Morgan fingerprint density at radius 2 is 2.25 bits per heavy atom. The third kappa shape index (κ3) is 1.73. The lowest BCUT2D eigenvalue weighted by atomic mass is 10.1. The molecule has 1 aromatic rings. The Kier molecular flexibility index (Phi) is 2.64. The van der Waals surface area contributed by atoms with Gasteiger partial charge in [0.1, 0.15) is 11.9 Å². The first-order valence-corrected chi connectivity index (χ1v) is 3.63. The van der Waals surface area contributed by atoms with Crippen LogP contribution in [0.3, 0.4) is 0 Å². The molecule has 0 bridgehead atoms. The molecule has 0 aliphatic heterocycles. The summed E-state index contributed by atoms with van der Waals surface area (Å²) in [6.45, 7) is 0. The van der Waals surface area contributed by atoms with Crippen LogP contribution in [0.25, 0.3) is 0 Å². The molecule has 4 heteroatoms. The average Bonchev–Trinajstić information content (AvgIpc) is 2.08. The van der Waals surface area contributed by atoms with Gasteiger partial charge in [-0.3, -0.25) is 0 Å². The predicted octanol–water partition coefficient (Wildman–Crippen LogP) is 2.00. The van der Waals surface area contributed by atoms with E-state index in [-0.39, 0.29) is 5.56 Å². The molecule has 0 heterocycles. The Labute approximate surface area is 74.4 Å². The molecule has 0 saturated heterocycles. The normalized spacial score (nSPS) is 12.2. The summed E-state index contributed by atoms with van der Waals surface area (Å²) in [4.78, 5) is 0. The van der Waals surface area contributed by atoms with E-state index in [4.69, 9.17) is 22.6 Å². The first kappa shape index (κ1) is 8.98. The zero-order chi connectivity index (χ0) is 9.14. The van der Waals surface area contributed by atoms with Gasteiger partial charge in [-0.1, -0.05) is 11.6 Å². The summed E-state index contributed by atoms with van der Waals surface area (Å²) in [5.74, 6) is -0.506. The van der Waals surface area contributed by atoms with Crippen LogP contribution in [0.2, 0.25) is 5.02 Å². The van der Waals surface area contributed by atoms with Crippen molar-refractivity contribution >= 4 is 11.6 Å². The van der Waals surface area contributed by atoms with Crippen molar-refractivity contribution in [1.29, 1.82) is 5.26 Å². The van der Waals surface area contributed by atoms with E-state index in [9.17, 15) is 4.39 Å². The van der Waals surface area contributed by atoms with Crippen LogP contribution >= 0.6 is 11.6 Å². The lowest BCUT2D eigenvalue weighted by Crippen LogP contribution is -2.09. The molecule has 0 aliphatic carbocycles. The van der Waals surface area contributed by atoms with Crippen LogP contribution in [0.15, 0.2) is 18.2 Å². The Bertz CT molecular complexity index is 332.